The second kappa shape index (κ2) is 11.1. The lowest BCUT2D eigenvalue weighted by Crippen LogP contribution is -2.36. The van der Waals surface area contributed by atoms with Gasteiger partial charge in [-0.2, -0.15) is 0 Å². The molecule has 0 aromatic heterocycles. The summed E-state index contributed by atoms with van der Waals surface area (Å²) >= 11 is 0. The highest BCUT2D eigenvalue weighted by Crippen LogP contribution is 2.28. The molecule has 0 aliphatic rings. The van der Waals surface area contributed by atoms with Crippen LogP contribution in [0.3, 0.4) is 0 Å². The average molecular weight is 405 g/mol. The molecule has 5 nitrogen and oxygen atoms in total. The van der Waals surface area contributed by atoms with Crippen molar-refractivity contribution in [3.05, 3.63) is 58.9 Å². The van der Waals surface area contributed by atoms with Gasteiger partial charge in [0.15, 0.2) is 11.5 Å². The Morgan fingerprint density at radius 1 is 1.10 bits per heavy atom. The van der Waals surface area contributed by atoms with E-state index in [2.05, 4.69) is 24.1 Å². The number of ether oxygens (including phenoxy) is 2. The molecule has 2 aromatic rings. The molecule has 1 atom stereocenters. The topological polar surface area (TPSA) is 54.0 Å². The summed E-state index contributed by atoms with van der Waals surface area (Å²) in [5.41, 5.74) is 3.03. The molecule has 0 fully saturated rings. The number of methoxy groups -OCH3 is 1. The summed E-state index contributed by atoms with van der Waals surface area (Å²) in [6.45, 7) is 8.08. The Labute approximate surface area is 173 Å². The second-order valence-electron chi connectivity index (χ2n) is 7.66. The van der Waals surface area contributed by atoms with Crippen LogP contribution in [0, 0.1) is 12.7 Å². The van der Waals surface area contributed by atoms with Gasteiger partial charge in [-0.05, 0) is 68.8 Å². The Morgan fingerprint density at radius 3 is 2.55 bits per heavy atom. The summed E-state index contributed by atoms with van der Waals surface area (Å²) in [6.07, 6.45) is -0.581. The molecule has 0 spiro atoms. The first-order valence-electron chi connectivity index (χ1n) is 9.94. The number of likely N-dealkylation sites (N-methyl/N-ethyl adjacent to an activating group) is 1. The summed E-state index contributed by atoms with van der Waals surface area (Å²) in [5, 5.41) is 13.5. The molecule has 2 aromatic carbocycles. The van der Waals surface area contributed by atoms with E-state index in [1.165, 1.54) is 6.07 Å². The maximum atomic E-state index is 13.4. The minimum absolute atomic E-state index is 0.198. The Kier molecular flexibility index (Phi) is 8.89. The molecule has 2 rings (SSSR count). The molecule has 0 bridgehead atoms. The first kappa shape index (κ1) is 23.1. The van der Waals surface area contributed by atoms with E-state index >= 15 is 0 Å². The molecule has 0 aliphatic heterocycles. The Bertz CT molecular complexity index is 783. The number of aliphatic hydroxyl groups excluding tert-OH is 1. The number of rotatable bonds is 11. The van der Waals surface area contributed by atoms with E-state index in [-0.39, 0.29) is 12.4 Å². The Balaban J connectivity index is 1.90. The molecule has 6 heteroatoms. The zero-order valence-electron chi connectivity index (χ0n) is 18.0. The van der Waals surface area contributed by atoms with Gasteiger partial charge in [0.2, 0.25) is 0 Å². The van der Waals surface area contributed by atoms with Crippen molar-refractivity contribution in [3.8, 4) is 11.5 Å². The zero-order chi connectivity index (χ0) is 21.4. The van der Waals surface area contributed by atoms with Crippen LogP contribution in [0.4, 0.5) is 4.39 Å². The first-order chi connectivity index (χ1) is 13.8. The maximum Gasteiger partial charge on any atom is 0.161 e. The van der Waals surface area contributed by atoms with Crippen LogP contribution >= 0.6 is 0 Å². The van der Waals surface area contributed by atoms with Crippen LogP contribution in [-0.4, -0.2) is 49.5 Å². The lowest BCUT2D eigenvalue weighted by Gasteiger charge is -2.24. The van der Waals surface area contributed by atoms with E-state index in [0.29, 0.717) is 37.2 Å². The Hall–Kier alpha value is -2.15. The van der Waals surface area contributed by atoms with Crippen LogP contribution in [0.2, 0.25) is 0 Å². The highest BCUT2D eigenvalue weighted by atomic mass is 19.1. The van der Waals surface area contributed by atoms with E-state index in [1.54, 1.807) is 19.2 Å². The molecule has 0 saturated carbocycles. The molecule has 0 saturated heterocycles. The van der Waals surface area contributed by atoms with Crippen molar-refractivity contribution in [2.45, 2.75) is 46.0 Å². The lowest BCUT2D eigenvalue weighted by atomic mass is 10.1. The SMILES string of the molecule is COc1cc(CNCc2cc(F)ccc2C)ccc1OC[C@@H](O)CN(C)C(C)C. The van der Waals surface area contributed by atoms with Gasteiger partial charge < -0.3 is 24.8 Å². The van der Waals surface area contributed by atoms with Crippen molar-refractivity contribution in [2.24, 2.45) is 0 Å². The summed E-state index contributed by atoms with van der Waals surface area (Å²) in [7, 11) is 3.57. The highest BCUT2D eigenvalue weighted by Gasteiger charge is 2.13. The largest absolute Gasteiger partial charge is 0.493 e. The molecule has 0 heterocycles. The van der Waals surface area contributed by atoms with Crippen LogP contribution in [0.5, 0.6) is 11.5 Å². The molecule has 0 amide bonds. The summed E-state index contributed by atoms with van der Waals surface area (Å²) in [5.74, 6) is 0.997. The number of nitrogens with one attached hydrogen (secondary N) is 1. The third-order valence-corrected chi connectivity index (χ3v) is 5.00. The van der Waals surface area contributed by atoms with E-state index in [4.69, 9.17) is 9.47 Å². The number of benzene rings is 2. The number of hydrogen-bond donors (Lipinski definition) is 2. The monoisotopic (exact) mass is 404 g/mol. The molecule has 0 aliphatic carbocycles. The quantitative estimate of drug-likeness (QED) is 0.600. The number of halogens is 1. The van der Waals surface area contributed by atoms with Crippen LogP contribution in [0.25, 0.3) is 0 Å². The minimum Gasteiger partial charge on any atom is -0.493 e. The fourth-order valence-electron chi connectivity index (χ4n) is 2.90. The Morgan fingerprint density at radius 2 is 1.86 bits per heavy atom. The number of aryl methyl sites for hydroxylation is 1. The van der Waals surface area contributed by atoms with Crippen molar-refractivity contribution in [1.82, 2.24) is 10.2 Å². The van der Waals surface area contributed by atoms with Gasteiger partial charge in [0.25, 0.3) is 0 Å². The standard InChI is InChI=1S/C23H33FN2O3/c1-16(2)26(4)14-21(27)15-29-22-9-7-18(10-23(22)28-5)12-25-13-19-11-20(24)8-6-17(19)3/h6-11,16,21,25,27H,12-15H2,1-5H3/t21-/m0/s1. The first-order valence-corrected chi connectivity index (χ1v) is 9.94. The molecule has 0 radical (unpaired) electrons. The van der Waals surface area contributed by atoms with E-state index in [9.17, 15) is 9.50 Å². The van der Waals surface area contributed by atoms with E-state index in [1.807, 2.05) is 32.2 Å². The molecular formula is C23H33FN2O3. The van der Waals surface area contributed by atoms with Gasteiger partial charge in [0.05, 0.1) is 7.11 Å². The highest BCUT2D eigenvalue weighted by molar-refractivity contribution is 5.43. The fourth-order valence-corrected chi connectivity index (χ4v) is 2.90. The number of aliphatic hydroxyl groups is 1. The van der Waals surface area contributed by atoms with Gasteiger partial charge in [0, 0.05) is 25.7 Å². The minimum atomic E-state index is -0.581. The van der Waals surface area contributed by atoms with Crippen LogP contribution in [-0.2, 0) is 13.1 Å². The van der Waals surface area contributed by atoms with Gasteiger partial charge in [-0.3, -0.25) is 0 Å². The normalized spacial score (nSPS) is 12.4. The summed E-state index contributed by atoms with van der Waals surface area (Å²) in [4.78, 5) is 2.07. The third-order valence-electron chi connectivity index (χ3n) is 5.00. The molecule has 29 heavy (non-hydrogen) atoms. The molecule has 2 N–H and O–H groups in total. The van der Waals surface area contributed by atoms with E-state index in [0.717, 1.165) is 16.7 Å². The predicted octanol–water partition coefficient (Wildman–Crippen LogP) is 3.51. The maximum absolute atomic E-state index is 13.4. The average Bonchev–Trinajstić information content (AvgIpc) is 2.69. The molecule has 160 valence electrons. The van der Waals surface area contributed by atoms with Gasteiger partial charge in [-0.25, -0.2) is 4.39 Å². The smallest absolute Gasteiger partial charge is 0.161 e. The van der Waals surface area contributed by atoms with Crippen molar-refractivity contribution < 1.29 is 19.0 Å². The number of nitrogens with zero attached hydrogens (tertiary/aromatic N) is 1. The van der Waals surface area contributed by atoms with Gasteiger partial charge in [-0.1, -0.05) is 12.1 Å². The number of hydrogen-bond acceptors (Lipinski definition) is 5. The van der Waals surface area contributed by atoms with Crippen LogP contribution in [0.1, 0.15) is 30.5 Å². The van der Waals surface area contributed by atoms with Crippen molar-refractivity contribution in [2.75, 3.05) is 27.3 Å². The predicted molar refractivity (Wildman–Crippen MR) is 114 cm³/mol. The summed E-state index contributed by atoms with van der Waals surface area (Å²) < 4.78 is 24.6. The van der Waals surface area contributed by atoms with Crippen molar-refractivity contribution in [1.29, 1.82) is 0 Å². The lowest BCUT2D eigenvalue weighted by molar-refractivity contribution is 0.0668. The zero-order valence-corrected chi connectivity index (χ0v) is 18.0. The van der Waals surface area contributed by atoms with Gasteiger partial charge in [0.1, 0.15) is 18.5 Å². The van der Waals surface area contributed by atoms with Gasteiger partial charge in [-0.15, -0.1) is 0 Å². The fraction of sp³-hybridized carbons (Fsp3) is 0.478. The second-order valence-corrected chi connectivity index (χ2v) is 7.66. The molecular weight excluding hydrogens is 371 g/mol. The third kappa shape index (κ3) is 7.31. The van der Waals surface area contributed by atoms with E-state index < -0.39 is 6.10 Å². The van der Waals surface area contributed by atoms with Crippen LogP contribution in [0.15, 0.2) is 36.4 Å². The molecule has 0 unspecified atom stereocenters. The van der Waals surface area contributed by atoms with Crippen LogP contribution < -0.4 is 14.8 Å². The van der Waals surface area contributed by atoms with Crippen molar-refractivity contribution in [3.63, 3.8) is 0 Å². The summed E-state index contributed by atoms with van der Waals surface area (Å²) in [6, 6.07) is 10.9. The van der Waals surface area contributed by atoms with Gasteiger partial charge >= 0.3 is 0 Å². The van der Waals surface area contributed by atoms with Crippen molar-refractivity contribution >= 4 is 0 Å².